The minimum atomic E-state index is 0.729. The zero-order valence-electron chi connectivity index (χ0n) is 10.7. The second-order valence-electron chi connectivity index (χ2n) is 4.49. The molecule has 3 heteroatoms. The maximum absolute atomic E-state index is 5.16. The zero-order valence-corrected chi connectivity index (χ0v) is 10.7. The normalized spacial score (nSPS) is 24.4. The molecule has 0 aromatic heterocycles. The van der Waals surface area contributed by atoms with E-state index in [-0.39, 0.29) is 0 Å². The van der Waals surface area contributed by atoms with E-state index in [9.17, 15) is 0 Å². The summed E-state index contributed by atoms with van der Waals surface area (Å²) in [6.45, 7) is 11.1. The van der Waals surface area contributed by atoms with Gasteiger partial charge in [0, 0.05) is 26.2 Å². The Labute approximate surface area is 99.8 Å². The van der Waals surface area contributed by atoms with Gasteiger partial charge in [0.15, 0.2) is 0 Å². The lowest BCUT2D eigenvalue weighted by atomic mass is 9.78. The van der Waals surface area contributed by atoms with Crippen molar-refractivity contribution in [1.29, 1.82) is 0 Å². The van der Waals surface area contributed by atoms with Gasteiger partial charge in [-0.3, -0.25) is 4.90 Å². The van der Waals surface area contributed by atoms with Crippen LogP contribution in [0.2, 0.25) is 0 Å². The van der Waals surface area contributed by atoms with Crippen LogP contribution in [0.3, 0.4) is 0 Å². The van der Waals surface area contributed by atoms with Crippen molar-refractivity contribution in [3.63, 3.8) is 0 Å². The van der Waals surface area contributed by atoms with E-state index in [1.807, 2.05) is 6.08 Å². The molecule has 16 heavy (non-hydrogen) atoms. The van der Waals surface area contributed by atoms with E-state index in [1.165, 1.54) is 12.8 Å². The summed E-state index contributed by atoms with van der Waals surface area (Å²) in [7, 11) is 1.77. The van der Waals surface area contributed by atoms with E-state index in [0.29, 0.717) is 0 Å². The van der Waals surface area contributed by atoms with E-state index >= 15 is 0 Å². The molecule has 1 N–H and O–H groups in total. The number of rotatable bonds is 9. The average molecular weight is 226 g/mol. The molecule has 1 aliphatic rings. The van der Waals surface area contributed by atoms with E-state index in [1.54, 1.807) is 7.11 Å². The van der Waals surface area contributed by atoms with Gasteiger partial charge in [0.25, 0.3) is 0 Å². The Morgan fingerprint density at radius 2 is 2.31 bits per heavy atom. The van der Waals surface area contributed by atoms with Crippen molar-refractivity contribution in [2.75, 3.05) is 39.9 Å². The molecule has 0 bridgehead atoms. The fraction of sp³-hybridized carbons (Fsp3) is 0.846. The molecule has 3 nitrogen and oxygen atoms in total. The zero-order chi connectivity index (χ0) is 11.8. The topological polar surface area (TPSA) is 24.5 Å². The van der Waals surface area contributed by atoms with E-state index in [4.69, 9.17) is 4.74 Å². The van der Waals surface area contributed by atoms with Crippen molar-refractivity contribution in [3.05, 3.63) is 12.7 Å². The van der Waals surface area contributed by atoms with Crippen LogP contribution < -0.4 is 5.32 Å². The van der Waals surface area contributed by atoms with Crippen LogP contribution in [0.5, 0.6) is 0 Å². The molecule has 1 aliphatic carbocycles. The summed E-state index contributed by atoms with van der Waals surface area (Å²) in [6.07, 6.45) is 4.68. The lowest BCUT2D eigenvalue weighted by Gasteiger charge is -2.44. The maximum Gasteiger partial charge on any atom is 0.0589 e. The van der Waals surface area contributed by atoms with Crippen LogP contribution in [0.1, 0.15) is 19.8 Å². The molecule has 0 aliphatic heterocycles. The molecular formula is C13H26N2O. The van der Waals surface area contributed by atoms with Crippen molar-refractivity contribution in [2.45, 2.75) is 25.8 Å². The Kier molecular flexibility index (Phi) is 6.69. The summed E-state index contributed by atoms with van der Waals surface area (Å²) < 4.78 is 5.16. The lowest BCUT2D eigenvalue weighted by Crippen LogP contribution is -2.51. The first-order valence-corrected chi connectivity index (χ1v) is 6.38. The van der Waals surface area contributed by atoms with Gasteiger partial charge in [-0.05, 0) is 31.8 Å². The molecule has 0 spiro atoms. The van der Waals surface area contributed by atoms with Gasteiger partial charge in [0.05, 0.1) is 6.61 Å². The molecule has 0 saturated heterocycles. The van der Waals surface area contributed by atoms with Crippen LogP contribution in [0, 0.1) is 5.92 Å². The summed E-state index contributed by atoms with van der Waals surface area (Å²) in [5, 5.41) is 3.45. The molecule has 1 rings (SSSR count). The van der Waals surface area contributed by atoms with E-state index in [0.717, 1.165) is 44.7 Å². The molecule has 1 saturated carbocycles. The molecule has 0 amide bonds. The Balaban J connectivity index is 2.34. The highest BCUT2D eigenvalue weighted by Gasteiger charge is 2.34. The van der Waals surface area contributed by atoms with E-state index in [2.05, 4.69) is 23.7 Å². The number of nitrogens with one attached hydrogen (secondary N) is 1. The summed E-state index contributed by atoms with van der Waals surface area (Å²) in [5.41, 5.74) is 0. The van der Waals surface area contributed by atoms with Gasteiger partial charge in [-0.25, -0.2) is 0 Å². The molecule has 1 fully saturated rings. The fourth-order valence-electron chi connectivity index (χ4n) is 2.37. The van der Waals surface area contributed by atoms with Crippen LogP contribution in [-0.2, 0) is 4.74 Å². The van der Waals surface area contributed by atoms with Crippen molar-refractivity contribution < 1.29 is 4.74 Å². The SMILES string of the molecule is C=CCN(CCOC)C1CCC1CNCC. The second-order valence-corrected chi connectivity index (χ2v) is 4.49. The highest BCUT2D eigenvalue weighted by atomic mass is 16.5. The minimum absolute atomic E-state index is 0.729. The number of hydrogen-bond acceptors (Lipinski definition) is 3. The minimum Gasteiger partial charge on any atom is -0.383 e. The van der Waals surface area contributed by atoms with E-state index < -0.39 is 0 Å². The Morgan fingerprint density at radius 3 is 2.81 bits per heavy atom. The van der Waals surface area contributed by atoms with Crippen LogP contribution in [0.15, 0.2) is 12.7 Å². The van der Waals surface area contributed by atoms with Gasteiger partial charge in [-0.2, -0.15) is 0 Å². The highest BCUT2D eigenvalue weighted by Crippen LogP contribution is 2.31. The van der Waals surface area contributed by atoms with Crippen molar-refractivity contribution in [2.24, 2.45) is 5.92 Å². The maximum atomic E-state index is 5.16. The molecule has 0 aromatic carbocycles. The first-order chi connectivity index (χ1) is 7.83. The smallest absolute Gasteiger partial charge is 0.0589 e. The highest BCUT2D eigenvalue weighted by molar-refractivity contribution is 4.92. The summed E-state index contributed by atoms with van der Waals surface area (Å²) >= 11 is 0. The lowest BCUT2D eigenvalue weighted by molar-refractivity contribution is 0.0487. The third-order valence-electron chi connectivity index (χ3n) is 3.45. The van der Waals surface area contributed by atoms with Gasteiger partial charge in [-0.15, -0.1) is 6.58 Å². The predicted octanol–water partition coefficient (Wildman–Crippen LogP) is 1.51. The van der Waals surface area contributed by atoms with Crippen LogP contribution in [0.25, 0.3) is 0 Å². The summed E-state index contributed by atoms with van der Waals surface area (Å²) in [6, 6.07) is 0.729. The largest absolute Gasteiger partial charge is 0.383 e. The third kappa shape index (κ3) is 3.89. The van der Waals surface area contributed by atoms with Crippen molar-refractivity contribution in [1.82, 2.24) is 10.2 Å². The van der Waals surface area contributed by atoms with Crippen LogP contribution in [0.4, 0.5) is 0 Å². The second kappa shape index (κ2) is 7.82. The number of hydrogen-bond donors (Lipinski definition) is 1. The van der Waals surface area contributed by atoms with Crippen molar-refractivity contribution in [3.8, 4) is 0 Å². The predicted molar refractivity (Wildman–Crippen MR) is 68.7 cm³/mol. The molecule has 94 valence electrons. The van der Waals surface area contributed by atoms with Crippen LogP contribution >= 0.6 is 0 Å². The van der Waals surface area contributed by atoms with Gasteiger partial charge >= 0.3 is 0 Å². The Morgan fingerprint density at radius 1 is 1.50 bits per heavy atom. The molecule has 0 aromatic rings. The summed E-state index contributed by atoms with van der Waals surface area (Å²) in [5.74, 6) is 0.816. The monoisotopic (exact) mass is 226 g/mol. The molecule has 0 heterocycles. The Bertz CT molecular complexity index is 196. The Hall–Kier alpha value is -0.380. The first-order valence-electron chi connectivity index (χ1n) is 6.38. The molecule has 2 atom stereocenters. The molecular weight excluding hydrogens is 200 g/mol. The standard InChI is InChI=1S/C13H26N2O/c1-4-8-15(9-10-16-3)13-7-6-12(13)11-14-5-2/h4,12-14H,1,5-11H2,2-3H3. The first kappa shape index (κ1) is 13.7. The molecule has 0 radical (unpaired) electrons. The van der Waals surface area contributed by atoms with Gasteiger partial charge in [0.1, 0.15) is 0 Å². The number of methoxy groups -OCH3 is 1. The fourth-order valence-corrected chi connectivity index (χ4v) is 2.37. The van der Waals surface area contributed by atoms with Crippen molar-refractivity contribution >= 4 is 0 Å². The van der Waals surface area contributed by atoms with Gasteiger partial charge in [0.2, 0.25) is 0 Å². The molecule has 2 unspecified atom stereocenters. The number of nitrogens with zero attached hydrogens (tertiary/aromatic N) is 1. The van der Waals surface area contributed by atoms with Crippen LogP contribution in [-0.4, -0.2) is 50.8 Å². The van der Waals surface area contributed by atoms with Gasteiger partial charge < -0.3 is 10.1 Å². The summed E-state index contributed by atoms with van der Waals surface area (Å²) in [4.78, 5) is 2.50. The third-order valence-corrected chi connectivity index (χ3v) is 3.45. The average Bonchev–Trinajstić information content (AvgIpc) is 2.25. The number of ether oxygens (including phenoxy) is 1. The van der Waals surface area contributed by atoms with Gasteiger partial charge in [-0.1, -0.05) is 13.0 Å². The quantitative estimate of drug-likeness (QED) is 0.603.